The van der Waals surface area contributed by atoms with Crippen molar-refractivity contribution in [2.24, 2.45) is 11.8 Å². The van der Waals surface area contributed by atoms with Gasteiger partial charge in [0.1, 0.15) is 0 Å². The van der Waals surface area contributed by atoms with Crippen LogP contribution in [-0.2, 0) is 9.59 Å². The van der Waals surface area contributed by atoms with Crippen molar-refractivity contribution in [1.29, 1.82) is 0 Å². The lowest BCUT2D eigenvalue weighted by Crippen LogP contribution is -2.42. The highest BCUT2D eigenvalue weighted by Gasteiger charge is 2.66. The summed E-state index contributed by atoms with van der Waals surface area (Å²) in [7, 11) is 0. The van der Waals surface area contributed by atoms with Gasteiger partial charge in [-0.15, -0.1) is 0 Å². The molecule has 0 unspecified atom stereocenters. The zero-order chi connectivity index (χ0) is 8.17. The first-order valence-corrected chi connectivity index (χ1v) is 3.63. The van der Waals surface area contributed by atoms with Crippen molar-refractivity contribution in [2.75, 3.05) is 6.54 Å². The lowest BCUT2D eigenvalue weighted by atomic mass is 10.2. The lowest BCUT2D eigenvalue weighted by Gasteiger charge is -2.28. The zero-order valence-corrected chi connectivity index (χ0v) is 6.15. The Balaban J connectivity index is 2.00. The number of rotatable bonds is 1. The molecule has 1 heterocycles. The van der Waals surface area contributed by atoms with Gasteiger partial charge >= 0.3 is 5.97 Å². The number of carbonyl (C=O) groups is 2. The molecule has 4 heteroatoms. The highest BCUT2D eigenvalue weighted by Crippen LogP contribution is 2.52. The summed E-state index contributed by atoms with van der Waals surface area (Å²) in [5.74, 6) is -0.769. The third-order valence-electron chi connectivity index (χ3n) is 2.58. The Kier molecular flexibility index (Phi) is 1.06. The predicted molar refractivity (Wildman–Crippen MR) is 35.8 cm³/mol. The van der Waals surface area contributed by atoms with Gasteiger partial charge < -0.3 is 10.0 Å². The molecule has 1 aliphatic carbocycles. The molecule has 0 aromatic heterocycles. The molecule has 11 heavy (non-hydrogen) atoms. The van der Waals surface area contributed by atoms with Crippen LogP contribution in [0.3, 0.4) is 0 Å². The Morgan fingerprint density at radius 1 is 1.55 bits per heavy atom. The van der Waals surface area contributed by atoms with Crippen molar-refractivity contribution in [3.63, 3.8) is 0 Å². The van der Waals surface area contributed by atoms with E-state index in [1.807, 2.05) is 0 Å². The van der Waals surface area contributed by atoms with Crippen LogP contribution in [0.15, 0.2) is 0 Å². The van der Waals surface area contributed by atoms with Crippen LogP contribution in [0.5, 0.6) is 0 Å². The molecule has 60 valence electrons. The maximum Gasteiger partial charge on any atom is 0.309 e. The maximum absolute atomic E-state index is 10.8. The quantitative estimate of drug-likeness (QED) is 0.557. The molecule has 1 saturated heterocycles. The number of carbonyl (C=O) groups excluding carboxylic acids is 1. The number of likely N-dealkylation sites (tertiary alicyclic amines) is 1. The zero-order valence-electron chi connectivity index (χ0n) is 6.15. The van der Waals surface area contributed by atoms with Gasteiger partial charge in [0.25, 0.3) is 0 Å². The van der Waals surface area contributed by atoms with E-state index in [-0.39, 0.29) is 23.8 Å². The van der Waals surface area contributed by atoms with Crippen molar-refractivity contribution in [3.05, 3.63) is 0 Å². The molecule has 0 aromatic rings. The number of hydrogen-bond acceptors (Lipinski definition) is 2. The number of amides is 1. The first-order valence-electron chi connectivity index (χ1n) is 3.63. The van der Waals surface area contributed by atoms with Crippen molar-refractivity contribution in [3.8, 4) is 0 Å². The molecule has 0 bridgehead atoms. The van der Waals surface area contributed by atoms with Crippen LogP contribution in [0.25, 0.3) is 0 Å². The molecule has 2 rings (SSSR count). The number of carboxylic acid groups (broad SMARTS) is 1. The average molecular weight is 155 g/mol. The Labute approximate surface area is 63.8 Å². The number of fused-ring (bicyclic) bond motifs is 1. The third-order valence-corrected chi connectivity index (χ3v) is 2.58. The topological polar surface area (TPSA) is 57.6 Å². The van der Waals surface area contributed by atoms with Crippen LogP contribution in [0.2, 0.25) is 0 Å². The van der Waals surface area contributed by atoms with E-state index in [2.05, 4.69) is 0 Å². The van der Waals surface area contributed by atoms with Gasteiger partial charge in [-0.3, -0.25) is 9.59 Å². The molecule has 3 atom stereocenters. The third kappa shape index (κ3) is 0.692. The van der Waals surface area contributed by atoms with Crippen molar-refractivity contribution in [2.45, 2.75) is 13.0 Å². The van der Waals surface area contributed by atoms with E-state index in [4.69, 9.17) is 5.11 Å². The monoisotopic (exact) mass is 155 g/mol. The van der Waals surface area contributed by atoms with E-state index in [0.717, 1.165) is 0 Å². The molecular formula is C7H9NO3. The van der Waals surface area contributed by atoms with Gasteiger partial charge in [0.15, 0.2) is 0 Å². The summed E-state index contributed by atoms with van der Waals surface area (Å²) < 4.78 is 0. The Morgan fingerprint density at radius 2 is 2.18 bits per heavy atom. The Morgan fingerprint density at radius 3 is 2.45 bits per heavy atom. The lowest BCUT2D eigenvalue weighted by molar-refractivity contribution is -0.138. The number of hydrogen-bond donors (Lipinski definition) is 1. The largest absolute Gasteiger partial charge is 0.481 e. The smallest absolute Gasteiger partial charge is 0.309 e. The normalized spacial score (nSPS) is 39.0. The van der Waals surface area contributed by atoms with Gasteiger partial charge in [0, 0.05) is 19.4 Å². The molecule has 1 saturated carbocycles. The highest BCUT2D eigenvalue weighted by molar-refractivity contribution is 5.82. The van der Waals surface area contributed by atoms with E-state index in [1.54, 1.807) is 4.90 Å². The number of nitrogens with zero attached hydrogens (tertiary/aromatic N) is 1. The molecule has 2 aliphatic rings. The summed E-state index contributed by atoms with van der Waals surface area (Å²) >= 11 is 0. The number of carboxylic acids is 1. The first kappa shape index (κ1) is 6.64. The van der Waals surface area contributed by atoms with Crippen LogP contribution in [0.1, 0.15) is 6.92 Å². The summed E-state index contributed by atoms with van der Waals surface area (Å²) in [5, 5.41) is 8.60. The van der Waals surface area contributed by atoms with Crippen LogP contribution < -0.4 is 0 Å². The summed E-state index contributed by atoms with van der Waals surface area (Å²) in [6.45, 7) is 2.13. The van der Waals surface area contributed by atoms with Crippen LogP contribution >= 0.6 is 0 Å². The fraction of sp³-hybridized carbons (Fsp3) is 0.714. The van der Waals surface area contributed by atoms with Crippen LogP contribution in [-0.4, -0.2) is 34.5 Å². The van der Waals surface area contributed by atoms with E-state index in [9.17, 15) is 9.59 Å². The van der Waals surface area contributed by atoms with E-state index in [1.165, 1.54) is 6.92 Å². The van der Waals surface area contributed by atoms with E-state index in [0.29, 0.717) is 6.54 Å². The van der Waals surface area contributed by atoms with Crippen molar-refractivity contribution >= 4 is 11.9 Å². The summed E-state index contributed by atoms with van der Waals surface area (Å²) in [6.07, 6.45) is 0. The highest BCUT2D eigenvalue weighted by atomic mass is 16.4. The summed E-state index contributed by atoms with van der Waals surface area (Å²) in [5.41, 5.74) is 0. The van der Waals surface area contributed by atoms with Gasteiger partial charge in [-0.2, -0.15) is 0 Å². The average Bonchev–Trinajstić information content (AvgIpc) is 2.34. The van der Waals surface area contributed by atoms with Crippen LogP contribution in [0, 0.1) is 11.8 Å². The molecular weight excluding hydrogens is 146 g/mol. The van der Waals surface area contributed by atoms with Gasteiger partial charge in [0.05, 0.1) is 12.0 Å². The molecule has 4 nitrogen and oxygen atoms in total. The molecule has 0 aromatic carbocycles. The molecule has 1 aliphatic heterocycles. The van der Waals surface area contributed by atoms with Crippen LogP contribution in [0.4, 0.5) is 0 Å². The SMILES string of the molecule is CC(=O)N1C[C@@H]2[C@@H](C(=O)O)[C@@H]21. The second kappa shape index (κ2) is 1.75. The standard InChI is InChI=1S/C7H9NO3/c1-3(9)8-2-4-5(6(4)8)7(10)11/h4-6H,2H2,1H3,(H,10,11)/t4-,5-,6-/m1/s1. The molecule has 2 fully saturated rings. The maximum atomic E-state index is 10.8. The first-order chi connectivity index (χ1) is 5.13. The van der Waals surface area contributed by atoms with E-state index >= 15 is 0 Å². The minimum absolute atomic E-state index is 0.00463. The minimum atomic E-state index is -0.760. The number of aliphatic carboxylic acids is 1. The fourth-order valence-corrected chi connectivity index (χ4v) is 1.88. The van der Waals surface area contributed by atoms with Gasteiger partial charge in [0.2, 0.25) is 5.91 Å². The Hall–Kier alpha value is -1.06. The fourth-order valence-electron chi connectivity index (χ4n) is 1.88. The molecule has 0 spiro atoms. The van der Waals surface area contributed by atoms with Crippen molar-refractivity contribution in [1.82, 2.24) is 4.90 Å². The van der Waals surface area contributed by atoms with E-state index < -0.39 is 5.97 Å². The van der Waals surface area contributed by atoms with Gasteiger partial charge in [-0.1, -0.05) is 0 Å². The molecule has 1 N–H and O–H groups in total. The summed E-state index contributed by atoms with van der Waals surface area (Å²) in [4.78, 5) is 22.8. The second-order valence-electron chi connectivity index (χ2n) is 3.19. The summed E-state index contributed by atoms with van der Waals surface area (Å²) in [6, 6.07) is 0.0324. The molecule has 0 radical (unpaired) electrons. The Bertz CT molecular complexity index is 222. The minimum Gasteiger partial charge on any atom is -0.481 e. The second-order valence-corrected chi connectivity index (χ2v) is 3.19. The van der Waals surface area contributed by atoms with Gasteiger partial charge in [-0.05, 0) is 0 Å². The van der Waals surface area contributed by atoms with Crippen molar-refractivity contribution < 1.29 is 14.7 Å². The molecule has 1 amide bonds. The predicted octanol–water partition coefficient (Wildman–Crippen LogP) is -0.452. The van der Waals surface area contributed by atoms with Gasteiger partial charge in [-0.25, -0.2) is 0 Å².